The molecule has 2 heterocycles. The largest absolute Gasteiger partial charge is 0.376 e. The highest BCUT2D eigenvalue weighted by atomic mass is 15.3. The maximum Gasteiger partial charge on any atom is 0.0825 e. The van der Waals surface area contributed by atoms with Gasteiger partial charge >= 0.3 is 0 Å². The van der Waals surface area contributed by atoms with Crippen LogP contribution in [0.4, 0.5) is 5.69 Å². The average Bonchev–Trinajstić information content (AvgIpc) is 2.59. The summed E-state index contributed by atoms with van der Waals surface area (Å²) in [7, 11) is 1.92. The third-order valence-electron chi connectivity index (χ3n) is 2.57. The van der Waals surface area contributed by atoms with Gasteiger partial charge in [-0.2, -0.15) is 5.10 Å². The number of rotatable bonds is 3. The number of pyridine rings is 1. The molecule has 0 aliphatic heterocycles. The molecule has 0 aromatic carbocycles. The van der Waals surface area contributed by atoms with Gasteiger partial charge in [-0.3, -0.25) is 9.67 Å². The minimum absolute atomic E-state index is 0.233. The van der Waals surface area contributed by atoms with Gasteiger partial charge < -0.3 is 5.32 Å². The van der Waals surface area contributed by atoms with Crippen LogP contribution in [0.2, 0.25) is 0 Å². The van der Waals surface area contributed by atoms with Crippen LogP contribution in [-0.2, 0) is 7.05 Å². The van der Waals surface area contributed by atoms with Gasteiger partial charge in [0.1, 0.15) is 0 Å². The van der Waals surface area contributed by atoms with Crippen LogP contribution in [0, 0.1) is 6.92 Å². The Labute approximate surface area is 95.3 Å². The van der Waals surface area contributed by atoms with Crippen molar-refractivity contribution < 1.29 is 0 Å². The van der Waals surface area contributed by atoms with Crippen LogP contribution < -0.4 is 5.32 Å². The minimum atomic E-state index is 0.233. The topological polar surface area (TPSA) is 42.7 Å². The van der Waals surface area contributed by atoms with E-state index in [1.165, 1.54) is 5.56 Å². The lowest BCUT2D eigenvalue weighted by Crippen LogP contribution is -2.06. The highest BCUT2D eigenvalue weighted by Gasteiger charge is 2.08. The van der Waals surface area contributed by atoms with Crippen molar-refractivity contribution in [3.8, 4) is 0 Å². The summed E-state index contributed by atoms with van der Waals surface area (Å²) >= 11 is 0. The van der Waals surface area contributed by atoms with Crippen LogP contribution in [0.3, 0.4) is 0 Å². The van der Waals surface area contributed by atoms with Crippen molar-refractivity contribution in [2.24, 2.45) is 7.05 Å². The normalized spacial score (nSPS) is 12.4. The molecule has 4 nitrogen and oxygen atoms in total. The lowest BCUT2D eigenvalue weighted by molar-refractivity contribution is 0.756. The van der Waals surface area contributed by atoms with Crippen LogP contribution in [-0.4, -0.2) is 14.8 Å². The maximum atomic E-state index is 4.30. The molecule has 1 unspecified atom stereocenters. The molecular formula is C12H16N4. The molecule has 0 fully saturated rings. The zero-order valence-electron chi connectivity index (χ0n) is 9.81. The second-order valence-electron chi connectivity index (χ2n) is 3.95. The Morgan fingerprint density at radius 3 is 2.81 bits per heavy atom. The van der Waals surface area contributed by atoms with Crippen molar-refractivity contribution in [1.82, 2.24) is 14.8 Å². The standard InChI is InChI=1S/C12H16N4/c1-9(11-5-4-6-13-7-11)14-12-8-16(3)15-10(12)2/h4-9,14H,1-3H3. The van der Waals surface area contributed by atoms with Crippen molar-refractivity contribution in [3.63, 3.8) is 0 Å². The quantitative estimate of drug-likeness (QED) is 0.856. The number of nitrogens with zero attached hydrogens (tertiary/aromatic N) is 3. The molecule has 84 valence electrons. The summed E-state index contributed by atoms with van der Waals surface area (Å²) < 4.78 is 1.81. The molecule has 0 aliphatic rings. The van der Waals surface area contributed by atoms with E-state index in [0.29, 0.717) is 0 Å². The van der Waals surface area contributed by atoms with Gasteiger partial charge in [-0.25, -0.2) is 0 Å². The fourth-order valence-electron chi connectivity index (χ4n) is 1.69. The molecule has 0 saturated carbocycles. The van der Waals surface area contributed by atoms with E-state index in [2.05, 4.69) is 28.4 Å². The lowest BCUT2D eigenvalue weighted by Gasteiger charge is -2.14. The summed E-state index contributed by atoms with van der Waals surface area (Å²) in [6.07, 6.45) is 5.65. The van der Waals surface area contributed by atoms with Crippen LogP contribution >= 0.6 is 0 Å². The van der Waals surface area contributed by atoms with E-state index in [1.807, 2.05) is 37.1 Å². The smallest absolute Gasteiger partial charge is 0.0825 e. The molecule has 0 aliphatic carbocycles. The summed E-state index contributed by atoms with van der Waals surface area (Å²) in [5, 5.41) is 7.72. The Hall–Kier alpha value is -1.84. The first kappa shape index (κ1) is 10.7. The summed E-state index contributed by atoms with van der Waals surface area (Å²) in [6.45, 7) is 4.11. The molecule has 1 atom stereocenters. The highest BCUT2D eigenvalue weighted by Crippen LogP contribution is 2.20. The van der Waals surface area contributed by atoms with Gasteiger partial charge in [-0.15, -0.1) is 0 Å². The van der Waals surface area contributed by atoms with Gasteiger partial charge in [0.15, 0.2) is 0 Å². The number of aryl methyl sites for hydroxylation is 2. The summed E-state index contributed by atoms with van der Waals surface area (Å²) in [5.74, 6) is 0. The number of hydrogen-bond acceptors (Lipinski definition) is 3. The molecule has 0 bridgehead atoms. The molecule has 2 aromatic heterocycles. The lowest BCUT2D eigenvalue weighted by atomic mass is 10.1. The average molecular weight is 216 g/mol. The first-order chi connectivity index (χ1) is 7.66. The molecule has 0 amide bonds. The molecule has 4 heteroatoms. The predicted octanol–water partition coefficient (Wildman–Crippen LogP) is 2.30. The first-order valence-electron chi connectivity index (χ1n) is 5.33. The Bertz CT molecular complexity index is 461. The monoisotopic (exact) mass is 216 g/mol. The second-order valence-corrected chi connectivity index (χ2v) is 3.95. The van der Waals surface area contributed by atoms with Gasteiger partial charge in [0, 0.05) is 25.6 Å². The molecule has 0 spiro atoms. The Morgan fingerprint density at radius 1 is 1.44 bits per heavy atom. The van der Waals surface area contributed by atoms with E-state index in [1.54, 1.807) is 6.20 Å². The van der Waals surface area contributed by atoms with E-state index < -0.39 is 0 Å². The third-order valence-corrected chi connectivity index (χ3v) is 2.57. The van der Waals surface area contributed by atoms with Crippen molar-refractivity contribution >= 4 is 5.69 Å². The number of aromatic nitrogens is 3. The van der Waals surface area contributed by atoms with Crippen LogP contribution in [0.25, 0.3) is 0 Å². The Balaban J connectivity index is 2.14. The van der Waals surface area contributed by atoms with Gasteiger partial charge in [0.2, 0.25) is 0 Å². The molecule has 2 aromatic rings. The van der Waals surface area contributed by atoms with Crippen molar-refractivity contribution in [3.05, 3.63) is 42.0 Å². The van der Waals surface area contributed by atoms with Gasteiger partial charge in [-0.05, 0) is 25.5 Å². The number of anilines is 1. The summed E-state index contributed by atoms with van der Waals surface area (Å²) in [4.78, 5) is 4.11. The number of nitrogens with one attached hydrogen (secondary N) is 1. The van der Waals surface area contributed by atoms with Gasteiger partial charge in [-0.1, -0.05) is 6.07 Å². The van der Waals surface area contributed by atoms with Crippen molar-refractivity contribution in [1.29, 1.82) is 0 Å². The zero-order chi connectivity index (χ0) is 11.5. The molecule has 0 radical (unpaired) electrons. The zero-order valence-corrected chi connectivity index (χ0v) is 9.81. The molecule has 1 N–H and O–H groups in total. The molecule has 2 rings (SSSR count). The van der Waals surface area contributed by atoms with E-state index in [9.17, 15) is 0 Å². The maximum absolute atomic E-state index is 4.30. The predicted molar refractivity (Wildman–Crippen MR) is 64.2 cm³/mol. The fraction of sp³-hybridized carbons (Fsp3) is 0.333. The van der Waals surface area contributed by atoms with E-state index in [0.717, 1.165) is 11.4 Å². The molecule has 16 heavy (non-hydrogen) atoms. The van der Waals surface area contributed by atoms with Crippen LogP contribution in [0.5, 0.6) is 0 Å². The van der Waals surface area contributed by atoms with E-state index in [-0.39, 0.29) is 6.04 Å². The van der Waals surface area contributed by atoms with Crippen molar-refractivity contribution in [2.75, 3.05) is 5.32 Å². The highest BCUT2D eigenvalue weighted by molar-refractivity contribution is 5.47. The number of hydrogen-bond donors (Lipinski definition) is 1. The SMILES string of the molecule is Cc1nn(C)cc1NC(C)c1cccnc1. The van der Waals surface area contributed by atoms with Crippen molar-refractivity contribution in [2.45, 2.75) is 19.9 Å². The molecular weight excluding hydrogens is 200 g/mol. The van der Waals surface area contributed by atoms with Crippen LogP contribution in [0.1, 0.15) is 24.2 Å². The van der Waals surface area contributed by atoms with Gasteiger partial charge in [0.05, 0.1) is 17.4 Å². The Morgan fingerprint density at radius 2 is 2.25 bits per heavy atom. The second kappa shape index (κ2) is 4.35. The fourth-order valence-corrected chi connectivity index (χ4v) is 1.69. The van der Waals surface area contributed by atoms with Gasteiger partial charge in [0.25, 0.3) is 0 Å². The first-order valence-corrected chi connectivity index (χ1v) is 5.33. The summed E-state index contributed by atoms with van der Waals surface area (Å²) in [6, 6.07) is 4.25. The minimum Gasteiger partial charge on any atom is -0.376 e. The van der Waals surface area contributed by atoms with E-state index >= 15 is 0 Å². The van der Waals surface area contributed by atoms with E-state index in [4.69, 9.17) is 0 Å². The third kappa shape index (κ3) is 2.21. The summed E-state index contributed by atoms with van der Waals surface area (Å²) in [5.41, 5.74) is 3.25. The van der Waals surface area contributed by atoms with Crippen LogP contribution in [0.15, 0.2) is 30.7 Å². The molecule has 0 saturated heterocycles. The Kier molecular flexibility index (Phi) is 2.90.